The molecule has 0 bridgehead atoms. The van der Waals surface area contributed by atoms with Crippen molar-refractivity contribution in [2.75, 3.05) is 41.9 Å². The summed E-state index contributed by atoms with van der Waals surface area (Å²) in [6.07, 6.45) is -2.56. The molecule has 0 spiro atoms. The second-order valence-electron chi connectivity index (χ2n) is 8.77. The minimum Gasteiger partial charge on any atom is -0.468 e. The largest absolute Gasteiger partial charge is 0.468 e. The van der Waals surface area contributed by atoms with Gasteiger partial charge in [0.15, 0.2) is 12.2 Å². The number of hydrogen-bond acceptors (Lipinski definition) is 9. The Morgan fingerprint density at radius 1 is 1.26 bits per heavy atom. The van der Waals surface area contributed by atoms with Gasteiger partial charge in [0, 0.05) is 36.6 Å². The van der Waals surface area contributed by atoms with E-state index in [2.05, 4.69) is 5.32 Å². The number of amides is 3. The second-order valence-corrected chi connectivity index (χ2v) is 8.77. The van der Waals surface area contributed by atoms with Gasteiger partial charge in [0.25, 0.3) is 11.8 Å². The molecule has 1 saturated heterocycles. The van der Waals surface area contributed by atoms with Crippen molar-refractivity contribution in [1.29, 1.82) is 5.26 Å². The Balaban J connectivity index is 0.00000420. The predicted octanol–water partition coefficient (Wildman–Crippen LogP) is 0.622. The molecule has 3 amide bonds. The van der Waals surface area contributed by atoms with Crippen LogP contribution in [0.2, 0.25) is 0 Å². The van der Waals surface area contributed by atoms with Gasteiger partial charge in [-0.15, -0.1) is 12.4 Å². The molecular weight excluding hydrogens is 530 g/mol. The van der Waals surface area contributed by atoms with E-state index in [9.17, 15) is 24.3 Å². The van der Waals surface area contributed by atoms with Gasteiger partial charge in [-0.05, 0) is 47.9 Å². The SMILES string of the molecule is COC(=O)CN1C(=O)CCc2ccc(N3CCO[C@H]([C@@H](O)C(=O)Nc4ccc(C#N)c(CN)c4)C3=O)cc21.Cl. The number of halogens is 1. The van der Waals surface area contributed by atoms with Gasteiger partial charge in [0.05, 0.1) is 25.3 Å². The number of rotatable bonds is 7. The van der Waals surface area contributed by atoms with E-state index >= 15 is 0 Å². The number of fused-ring (bicyclic) bond motifs is 1. The van der Waals surface area contributed by atoms with Crippen molar-refractivity contribution in [2.45, 2.75) is 31.6 Å². The zero-order chi connectivity index (χ0) is 27.4. The first-order chi connectivity index (χ1) is 18.3. The fourth-order valence-corrected chi connectivity index (χ4v) is 4.45. The molecule has 12 nitrogen and oxygen atoms in total. The maximum Gasteiger partial charge on any atom is 0.325 e. The summed E-state index contributed by atoms with van der Waals surface area (Å²) in [4.78, 5) is 53.1. The third kappa shape index (κ3) is 6.18. The highest BCUT2D eigenvalue weighted by Crippen LogP contribution is 2.33. The molecule has 2 aromatic rings. The molecule has 2 heterocycles. The minimum atomic E-state index is -1.82. The number of carbonyl (C=O) groups excluding carboxylic acids is 4. The lowest BCUT2D eigenvalue weighted by Gasteiger charge is -2.35. The van der Waals surface area contributed by atoms with Crippen molar-refractivity contribution in [3.05, 3.63) is 53.1 Å². The van der Waals surface area contributed by atoms with Gasteiger partial charge >= 0.3 is 5.97 Å². The monoisotopic (exact) mass is 557 g/mol. The zero-order valence-corrected chi connectivity index (χ0v) is 21.9. The Morgan fingerprint density at radius 2 is 2.03 bits per heavy atom. The van der Waals surface area contributed by atoms with Gasteiger partial charge in [-0.1, -0.05) is 6.07 Å². The molecule has 13 heteroatoms. The number of esters is 1. The van der Waals surface area contributed by atoms with Crippen LogP contribution in [0.25, 0.3) is 0 Å². The number of ether oxygens (including phenoxy) is 2. The molecule has 4 N–H and O–H groups in total. The highest BCUT2D eigenvalue weighted by Gasteiger charge is 2.40. The number of aryl methyl sites for hydroxylation is 1. The number of carbonyl (C=O) groups is 4. The molecule has 0 saturated carbocycles. The van der Waals surface area contributed by atoms with Crippen LogP contribution in [-0.4, -0.2) is 67.8 Å². The molecule has 2 atom stereocenters. The molecule has 2 aliphatic rings. The highest BCUT2D eigenvalue weighted by molar-refractivity contribution is 6.05. The average Bonchev–Trinajstić information content (AvgIpc) is 2.93. The molecule has 0 radical (unpaired) electrons. The first-order valence-electron chi connectivity index (χ1n) is 11.9. The van der Waals surface area contributed by atoms with Gasteiger partial charge in [-0.25, -0.2) is 0 Å². The quantitative estimate of drug-likeness (QED) is 0.412. The molecular formula is C26H28ClN5O7. The fourth-order valence-electron chi connectivity index (χ4n) is 4.45. The summed E-state index contributed by atoms with van der Waals surface area (Å²) in [5, 5.41) is 22.4. The minimum absolute atomic E-state index is 0. The molecule has 0 unspecified atom stereocenters. The first-order valence-corrected chi connectivity index (χ1v) is 11.9. The molecule has 39 heavy (non-hydrogen) atoms. The Kier molecular flexibility index (Phi) is 9.61. The van der Waals surface area contributed by atoms with E-state index in [0.717, 1.165) is 5.56 Å². The van der Waals surface area contributed by atoms with Crippen LogP contribution in [0.4, 0.5) is 17.1 Å². The molecule has 206 valence electrons. The lowest BCUT2D eigenvalue weighted by Crippen LogP contribution is -2.55. The van der Waals surface area contributed by atoms with Crippen LogP contribution in [0.3, 0.4) is 0 Å². The number of anilines is 3. The maximum absolute atomic E-state index is 13.3. The van der Waals surface area contributed by atoms with E-state index in [1.807, 2.05) is 6.07 Å². The molecule has 1 fully saturated rings. The van der Waals surface area contributed by atoms with Crippen LogP contribution >= 0.6 is 12.4 Å². The summed E-state index contributed by atoms with van der Waals surface area (Å²) >= 11 is 0. The average molecular weight is 558 g/mol. The normalized spacial score (nSPS) is 17.4. The molecule has 4 rings (SSSR count). The Hall–Kier alpha value is -4.02. The Labute approximate surface area is 230 Å². The third-order valence-corrected chi connectivity index (χ3v) is 6.49. The second kappa shape index (κ2) is 12.7. The van der Waals surface area contributed by atoms with Crippen molar-refractivity contribution in [3.63, 3.8) is 0 Å². The smallest absolute Gasteiger partial charge is 0.325 e. The van der Waals surface area contributed by atoms with E-state index in [4.69, 9.17) is 20.5 Å². The standard InChI is InChI=1S/C26H27N5O7.ClH/c1-37-22(33)14-31-20-11-19(6-3-15(20)4-7-21(31)32)30-8-9-38-24(26(30)36)23(34)25(35)29-18-5-2-16(12-27)17(10-18)13-28;/h2-3,5-6,10-11,23-24,34H,4,7-9,13-14,28H2,1H3,(H,29,35);1H/t23-,24-;/m1./s1. The van der Waals surface area contributed by atoms with Gasteiger partial charge in [-0.3, -0.25) is 19.2 Å². The van der Waals surface area contributed by atoms with Gasteiger partial charge in [0.1, 0.15) is 6.54 Å². The van der Waals surface area contributed by atoms with Crippen molar-refractivity contribution in [2.24, 2.45) is 5.73 Å². The topological polar surface area (TPSA) is 175 Å². The molecule has 0 aliphatic carbocycles. The summed E-state index contributed by atoms with van der Waals surface area (Å²) in [5.74, 6) is -2.31. The van der Waals surface area contributed by atoms with E-state index in [0.29, 0.717) is 34.6 Å². The zero-order valence-electron chi connectivity index (χ0n) is 21.1. The number of nitriles is 1. The number of nitrogens with zero attached hydrogens (tertiary/aromatic N) is 3. The molecule has 0 aromatic heterocycles. The number of aliphatic hydroxyl groups is 1. The van der Waals surface area contributed by atoms with Gasteiger partial charge < -0.3 is 35.4 Å². The van der Waals surface area contributed by atoms with Crippen molar-refractivity contribution in [1.82, 2.24) is 0 Å². The van der Waals surface area contributed by atoms with Crippen LogP contribution in [0, 0.1) is 11.3 Å². The van der Waals surface area contributed by atoms with Crippen LogP contribution in [0.1, 0.15) is 23.1 Å². The van der Waals surface area contributed by atoms with Crippen molar-refractivity contribution < 1.29 is 33.8 Å². The highest BCUT2D eigenvalue weighted by atomic mass is 35.5. The maximum atomic E-state index is 13.3. The summed E-state index contributed by atoms with van der Waals surface area (Å²) in [5.41, 5.74) is 8.60. The summed E-state index contributed by atoms with van der Waals surface area (Å²) < 4.78 is 10.2. The molecule has 2 aliphatic heterocycles. The number of benzene rings is 2. The Morgan fingerprint density at radius 3 is 2.72 bits per heavy atom. The van der Waals surface area contributed by atoms with E-state index in [1.54, 1.807) is 18.2 Å². The predicted molar refractivity (Wildman–Crippen MR) is 142 cm³/mol. The lowest BCUT2D eigenvalue weighted by molar-refractivity contribution is -0.150. The number of aliphatic hydroxyl groups excluding tert-OH is 1. The first kappa shape index (κ1) is 29.5. The third-order valence-electron chi connectivity index (χ3n) is 6.49. The number of nitrogens with one attached hydrogen (secondary N) is 1. The van der Waals surface area contributed by atoms with Gasteiger partial charge in [-0.2, -0.15) is 5.26 Å². The van der Waals surface area contributed by atoms with E-state index < -0.39 is 30.0 Å². The number of hydrogen-bond donors (Lipinski definition) is 3. The number of methoxy groups -OCH3 is 1. The van der Waals surface area contributed by atoms with Crippen LogP contribution < -0.4 is 20.9 Å². The lowest BCUT2D eigenvalue weighted by atomic mass is 9.99. The summed E-state index contributed by atoms with van der Waals surface area (Å²) in [7, 11) is 1.24. The van der Waals surface area contributed by atoms with Crippen molar-refractivity contribution in [3.8, 4) is 6.07 Å². The van der Waals surface area contributed by atoms with E-state index in [-0.39, 0.29) is 51.0 Å². The van der Waals surface area contributed by atoms with Crippen LogP contribution in [0.5, 0.6) is 0 Å². The summed E-state index contributed by atoms with van der Waals surface area (Å²) in [6, 6.07) is 11.6. The van der Waals surface area contributed by atoms with Crippen molar-refractivity contribution >= 4 is 53.2 Å². The van der Waals surface area contributed by atoms with Crippen LogP contribution in [-0.2, 0) is 41.6 Å². The molecule has 2 aromatic carbocycles. The van der Waals surface area contributed by atoms with E-state index in [1.165, 1.54) is 35.1 Å². The summed E-state index contributed by atoms with van der Waals surface area (Å²) in [6.45, 7) is 0.0308. The number of nitrogens with two attached hydrogens (primary N) is 1. The fraction of sp³-hybridized carbons (Fsp3) is 0.346. The number of morpholine rings is 1. The van der Waals surface area contributed by atoms with Crippen LogP contribution in [0.15, 0.2) is 36.4 Å². The Bertz CT molecular complexity index is 1330. The van der Waals surface area contributed by atoms with Gasteiger partial charge in [0.2, 0.25) is 5.91 Å².